The summed E-state index contributed by atoms with van der Waals surface area (Å²) in [5.74, 6) is 0. The molecule has 0 saturated heterocycles. The van der Waals surface area contributed by atoms with Crippen molar-refractivity contribution in [3.05, 3.63) is 46.5 Å². The SMILES string of the molecule is Cc1[nH]c2ccc(Cl)cc2c1-c1ccnc(Cl)n1. The van der Waals surface area contributed by atoms with Crippen LogP contribution in [0, 0.1) is 6.92 Å². The van der Waals surface area contributed by atoms with Gasteiger partial charge in [0.2, 0.25) is 5.28 Å². The largest absolute Gasteiger partial charge is 0.358 e. The van der Waals surface area contributed by atoms with Crippen molar-refractivity contribution in [1.29, 1.82) is 0 Å². The van der Waals surface area contributed by atoms with Crippen LogP contribution in [0.1, 0.15) is 5.69 Å². The minimum absolute atomic E-state index is 0.239. The Balaban J connectivity index is 2.34. The Morgan fingerprint density at radius 3 is 2.78 bits per heavy atom. The maximum absolute atomic E-state index is 6.05. The second kappa shape index (κ2) is 4.26. The first-order chi connectivity index (χ1) is 8.65. The molecule has 3 nitrogen and oxygen atoms in total. The van der Waals surface area contributed by atoms with Crippen LogP contribution in [0.3, 0.4) is 0 Å². The van der Waals surface area contributed by atoms with Crippen molar-refractivity contribution in [2.45, 2.75) is 6.92 Å². The number of rotatable bonds is 1. The highest BCUT2D eigenvalue weighted by Crippen LogP contribution is 2.32. The van der Waals surface area contributed by atoms with Crippen LogP contribution in [-0.4, -0.2) is 15.0 Å². The number of hydrogen-bond donors (Lipinski definition) is 1. The number of aromatic amines is 1. The fourth-order valence-corrected chi connectivity index (χ4v) is 2.42. The maximum Gasteiger partial charge on any atom is 0.222 e. The molecule has 0 aliphatic carbocycles. The van der Waals surface area contributed by atoms with Crippen molar-refractivity contribution in [2.75, 3.05) is 0 Å². The third-order valence-electron chi connectivity index (χ3n) is 2.83. The van der Waals surface area contributed by atoms with Gasteiger partial charge in [0.1, 0.15) is 0 Å². The summed E-state index contributed by atoms with van der Waals surface area (Å²) >= 11 is 11.9. The van der Waals surface area contributed by atoms with E-state index in [0.717, 1.165) is 27.9 Å². The van der Waals surface area contributed by atoms with Crippen molar-refractivity contribution in [2.24, 2.45) is 0 Å². The molecule has 0 unspecified atom stereocenters. The second-order valence-electron chi connectivity index (χ2n) is 4.03. The molecular formula is C13H9Cl2N3. The number of nitrogens with one attached hydrogen (secondary N) is 1. The smallest absolute Gasteiger partial charge is 0.222 e. The van der Waals surface area contributed by atoms with E-state index in [-0.39, 0.29) is 5.28 Å². The molecule has 3 rings (SSSR count). The Morgan fingerprint density at radius 2 is 2.00 bits per heavy atom. The van der Waals surface area contributed by atoms with Gasteiger partial charge in [-0.1, -0.05) is 11.6 Å². The lowest BCUT2D eigenvalue weighted by molar-refractivity contribution is 1.17. The molecular weight excluding hydrogens is 269 g/mol. The lowest BCUT2D eigenvalue weighted by Gasteiger charge is -2.01. The maximum atomic E-state index is 6.05. The lowest BCUT2D eigenvalue weighted by atomic mass is 10.1. The van der Waals surface area contributed by atoms with Gasteiger partial charge in [0.15, 0.2) is 0 Å². The molecule has 0 bridgehead atoms. The third-order valence-corrected chi connectivity index (χ3v) is 3.25. The highest BCUT2D eigenvalue weighted by Gasteiger charge is 2.12. The van der Waals surface area contributed by atoms with E-state index in [9.17, 15) is 0 Å². The number of aryl methyl sites for hydroxylation is 1. The summed E-state index contributed by atoms with van der Waals surface area (Å²) in [4.78, 5) is 11.5. The van der Waals surface area contributed by atoms with Crippen LogP contribution in [0.5, 0.6) is 0 Å². The van der Waals surface area contributed by atoms with Gasteiger partial charge >= 0.3 is 0 Å². The van der Waals surface area contributed by atoms with E-state index in [2.05, 4.69) is 15.0 Å². The van der Waals surface area contributed by atoms with Crippen molar-refractivity contribution in [3.8, 4) is 11.3 Å². The van der Waals surface area contributed by atoms with Crippen LogP contribution >= 0.6 is 23.2 Å². The monoisotopic (exact) mass is 277 g/mol. The van der Waals surface area contributed by atoms with Gasteiger partial charge < -0.3 is 4.98 Å². The van der Waals surface area contributed by atoms with E-state index in [1.54, 1.807) is 6.20 Å². The highest BCUT2D eigenvalue weighted by molar-refractivity contribution is 6.31. The van der Waals surface area contributed by atoms with Gasteiger partial charge in [0, 0.05) is 33.4 Å². The summed E-state index contributed by atoms with van der Waals surface area (Å²) in [7, 11) is 0. The van der Waals surface area contributed by atoms with Crippen LogP contribution < -0.4 is 0 Å². The van der Waals surface area contributed by atoms with E-state index in [1.165, 1.54) is 0 Å². The molecule has 18 heavy (non-hydrogen) atoms. The molecule has 3 aromatic rings. The number of benzene rings is 1. The van der Waals surface area contributed by atoms with Crippen LogP contribution in [0.4, 0.5) is 0 Å². The zero-order valence-corrected chi connectivity index (χ0v) is 11.0. The third kappa shape index (κ3) is 1.85. The minimum atomic E-state index is 0.239. The first kappa shape index (κ1) is 11.5. The van der Waals surface area contributed by atoms with Crippen LogP contribution in [0.25, 0.3) is 22.2 Å². The standard InChI is InChI=1S/C13H9Cl2N3/c1-7-12(11-4-5-16-13(15)18-11)9-6-8(14)2-3-10(9)17-7/h2-6,17H,1H3. The van der Waals surface area contributed by atoms with Gasteiger partial charge in [-0.05, 0) is 42.8 Å². The molecule has 0 atom stereocenters. The van der Waals surface area contributed by atoms with Crippen molar-refractivity contribution < 1.29 is 0 Å². The van der Waals surface area contributed by atoms with Gasteiger partial charge in [-0.25, -0.2) is 9.97 Å². The molecule has 0 radical (unpaired) electrons. The number of H-pyrrole nitrogens is 1. The molecule has 0 aliphatic rings. The Hall–Kier alpha value is -1.58. The molecule has 1 N–H and O–H groups in total. The molecule has 0 fully saturated rings. The lowest BCUT2D eigenvalue weighted by Crippen LogP contribution is -1.87. The van der Waals surface area contributed by atoms with E-state index >= 15 is 0 Å². The Morgan fingerprint density at radius 1 is 1.17 bits per heavy atom. The fourth-order valence-electron chi connectivity index (χ4n) is 2.10. The Bertz CT molecular complexity index is 734. The van der Waals surface area contributed by atoms with Gasteiger partial charge in [-0.2, -0.15) is 0 Å². The Kier molecular flexibility index (Phi) is 2.73. The summed E-state index contributed by atoms with van der Waals surface area (Å²) in [5, 5.41) is 1.97. The normalized spacial score (nSPS) is 11.1. The second-order valence-corrected chi connectivity index (χ2v) is 4.80. The number of halogens is 2. The molecule has 0 aliphatic heterocycles. The van der Waals surface area contributed by atoms with Crippen LogP contribution in [0.2, 0.25) is 10.3 Å². The summed E-state index contributed by atoms with van der Waals surface area (Å²) in [6.45, 7) is 2.00. The first-order valence-electron chi connectivity index (χ1n) is 5.42. The summed E-state index contributed by atoms with van der Waals surface area (Å²) in [6, 6.07) is 7.57. The van der Waals surface area contributed by atoms with Gasteiger partial charge in [-0.15, -0.1) is 0 Å². The number of nitrogens with zero attached hydrogens (tertiary/aromatic N) is 2. The number of fused-ring (bicyclic) bond motifs is 1. The van der Waals surface area contributed by atoms with E-state index in [0.29, 0.717) is 5.02 Å². The van der Waals surface area contributed by atoms with E-state index in [1.807, 2.05) is 31.2 Å². The fraction of sp³-hybridized carbons (Fsp3) is 0.0769. The van der Waals surface area contributed by atoms with E-state index < -0.39 is 0 Å². The molecule has 5 heteroatoms. The zero-order valence-electron chi connectivity index (χ0n) is 9.54. The predicted octanol–water partition coefficient (Wildman–Crippen LogP) is 4.24. The summed E-state index contributed by atoms with van der Waals surface area (Å²) in [5.41, 5.74) is 3.86. The van der Waals surface area contributed by atoms with Gasteiger partial charge in [0.05, 0.1) is 5.69 Å². The molecule has 1 aromatic carbocycles. The Labute approximate surface area is 114 Å². The quantitative estimate of drug-likeness (QED) is 0.676. The molecule has 0 spiro atoms. The molecule has 0 saturated carbocycles. The zero-order chi connectivity index (χ0) is 12.7. The number of aromatic nitrogens is 3. The topological polar surface area (TPSA) is 41.6 Å². The summed E-state index contributed by atoms with van der Waals surface area (Å²) < 4.78 is 0. The van der Waals surface area contributed by atoms with Crippen LogP contribution in [-0.2, 0) is 0 Å². The molecule has 2 aromatic heterocycles. The first-order valence-corrected chi connectivity index (χ1v) is 6.17. The molecule has 0 amide bonds. The van der Waals surface area contributed by atoms with Crippen molar-refractivity contribution >= 4 is 34.1 Å². The average molecular weight is 278 g/mol. The molecule has 90 valence electrons. The van der Waals surface area contributed by atoms with Crippen molar-refractivity contribution in [3.63, 3.8) is 0 Å². The van der Waals surface area contributed by atoms with Crippen LogP contribution in [0.15, 0.2) is 30.5 Å². The minimum Gasteiger partial charge on any atom is -0.358 e. The van der Waals surface area contributed by atoms with E-state index in [4.69, 9.17) is 23.2 Å². The number of hydrogen-bond acceptors (Lipinski definition) is 2. The highest BCUT2D eigenvalue weighted by atomic mass is 35.5. The summed E-state index contributed by atoms with van der Waals surface area (Å²) in [6.07, 6.45) is 1.65. The van der Waals surface area contributed by atoms with Crippen molar-refractivity contribution in [1.82, 2.24) is 15.0 Å². The van der Waals surface area contributed by atoms with Gasteiger partial charge in [0.25, 0.3) is 0 Å². The van der Waals surface area contributed by atoms with Gasteiger partial charge in [-0.3, -0.25) is 0 Å². The average Bonchev–Trinajstić information content (AvgIpc) is 2.64. The predicted molar refractivity (Wildman–Crippen MR) is 74.1 cm³/mol. The molecule has 2 heterocycles.